The topological polar surface area (TPSA) is 56.3 Å². The van der Waals surface area contributed by atoms with Crippen LogP contribution in [-0.4, -0.2) is 43.4 Å². The van der Waals surface area contributed by atoms with Crippen molar-refractivity contribution in [1.82, 2.24) is 9.97 Å². The van der Waals surface area contributed by atoms with Gasteiger partial charge in [-0.2, -0.15) is 0 Å². The number of ether oxygens (including phenoxy) is 2. The fraction of sp³-hybridized carbons (Fsp3) is 0.733. The minimum atomic E-state index is 0.0127. The normalized spacial score (nSPS) is 11.7. The molecule has 1 rings (SSSR count). The lowest BCUT2D eigenvalue weighted by molar-refractivity contribution is 0.0716. The fourth-order valence-corrected chi connectivity index (χ4v) is 1.67. The lowest BCUT2D eigenvalue weighted by atomic mass is 9.92. The molecule has 0 spiro atoms. The van der Waals surface area contributed by atoms with Gasteiger partial charge in [-0.1, -0.05) is 20.8 Å². The number of rotatable bonds is 8. The molecular weight excluding hydrogens is 254 g/mol. The molecule has 0 fully saturated rings. The monoisotopic (exact) mass is 281 g/mol. The molecule has 0 bridgehead atoms. The number of methoxy groups -OCH3 is 1. The van der Waals surface area contributed by atoms with Gasteiger partial charge in [-0.3, -0.25) is 0 Å². The quantitative estimate of drug-likeness (QED) is 0.742. The van der Waals surface area contributed by atoms with E-state index in [2.05, 4.69) is 43.0 Å². The van der Waals surface area contributed by atoms with Gasteiger partial charge in [0.1, 0.15) is 11.6 Å². The van der Waals surface area contributed by atoms with E-state index >= 15 is 0 Å². The van der Waals surface area contributed by atoms with Gasteiger partial charge in [0, 0.05) is 31.6 Å². The van der Waals surface area contributed by atoms with E-state index in [4.69, 9.17) is 9.47 Å². The largest absolute Gasteiger partial charge is 0.382 e. The lowest BCUT2D eigenvalue weighted by Crippen LogP contribution is -2.17. The van der Waals surface area contributed by atoms with E-state index in [0.717, 1.165) is 23.9 Å². The lowest BCUT2D eigenvalue weighted by Gasteiger charge is -2.19. The average Bonchev–Trinajstić information content (AvgIpc) is 2.38. The van der Waals surface area contributed by atoms with Crippen molar-refractivity contribution in [2.45, 2.75) is 39.5 Å². The molecule has 1 heterocycles. The van der Waals surface area contributed by atoms with Crippen LogP contribution in [0.15, 0.2) is 6.07 Å². The maximum Gasteiger partial charge on any atom is 0.133 e. The van der Waals surface area contributed by atoms with Crippen LogP contribution in [0.4, 0.5) is 5.82 Å². The highest BCUT2D eigenvalue weighted by molar-refractivity contribution is 5.37. The molecular formula is C15H27N3O2. The smallest absolute Gasteiger partial charge is 0.133 e. The Morgan fingerprint density at radius 3 is 2.50 bits per heavy atom. The third-order valence-electron chi connectivity index (χ3n) is 2.80. The molecule has 0 atom stereocenters. The molecule has 1 aromatic rings. The highest BCUT2D eigenvalue weighted by Gasteiger charge is 2.17. The van der Waals surface area contributed by atoms with Gasteiger partial charge in [-0.15, -0.1) is 0 Å². The zero-order valence-corrected chi connectivity index (χ0v) is 13.3. The Bertz CT molecular complexity index is 403. The summed E-state index contributed by atoms with van der Waals surface area (Å²) in [5.41, 5.74) is 1.06. The summed E-state index contributed by atoms with van der Waals surface area (Å²) in [6.07, 6.45) is 0.714. The van der Waals surface area contributed by atoms with Crippen molar-refractivity contribution in [1.29, 1.82) is 0 Å². The summed E-state index contributed by atoms with van der Waals surface area (Å²) in [5, 5.41) is 3.26. The Morgan fingerprint density at radius 2 is 1.90 bits per heavy atom. The predicted molar refractivity (Wildman–Crippen MR) is 81.3 cm³/mol. The summed E-state index contributed by atoms with van der Waals surface area (Å²) in [7, 11) is 1.67. The highest BCUT2D eigenvalue weighted by atomic mass is 16.5. The molecule has 0 aromatic carbocycles. The van der Waals surface area contributed by atoms with Gasteiger partial charge in [0.15, 0.2) is 0 Å². The molecule has 0 radical (unpaired) electrons. The van der Waals surface area contributed by atoms with Crippen LogP contribution in [-0.2, 0) is 21.3 Å². The standard InChI is InChI=1S/C15H27N3O2/c1-6-16-14-11-12(15(2,3)4)17-13(18-14)7-8-20-10-9-19-5/h11H,6-10H2,1-5H3,(H,16,17,18). The number of anilines is 1. The van der Waals surface area contributed by atoms with Gasteiger partial charge in [-0.05, 0) is 6.92 Å². The minimum absolute atomic E-state index is 0.0127. The third-order valence-corrected chi connectivity index (χ3v) is 2.80. The number of hydrogen-bond acceptors (Lipinski definition) is 5. The van der Waals surface area contributed by atoms with Crippen LogP contribution in [0.1, 0.15) is 39.2 Å². The average molecular weight is 281 g/mol. The van der Waals surface area contributed by atoms with Crippen molar-refractivity contribution < 1.29 is 9.47 Å². The van der Waals surface area contributed by atoms with Gasteiger partial charge in [0.25, 0.3) is 0 Å². The van der Waals surface area contributed by atoms with Crippen molar-refractivity contribution in [2.24, 2.45) is 0 Å². The SMILES string of the molecule is CCNc1cc(C(C)(C)C)nc(CCOCCOC)n1. The summed E-state index contributed by atoms with van der Waals surface area (Å²) in [6, 6.07) is 2.03. The van der Waals surface area contributed by atoms with Crippen LogP contribution in [0.5, 0.6) is 0 Å². The second kappa shape index (κ2) is 8.17. The van der Waals surface area contributed by atoms with Gasteiger partial charge in [0.2, 0.25) is 0 Å². The van der Waals surface area contributed by atoms with E-state index < -0.39 is 0 Å². The number of nitrogens with zero attached hydrogens (tertiary/aromatic N) is 2. The number of nitrogens with one attached hydrogen (secondary N) is 1. The summed E-state index contributed by atoms with van der Waals surface area (Å²) in [4.78, 5) is 9.16. The van der Waals surface area contributed by atoms with Gasteiger partial charge < -0.3 is 14.8 Å². The summed E-state index contributed by atoms with van der Waals surface area (Å²) in [6.45, 7) is 11.2. The highest BCUT2D eigenvalue weighted by Crippen LogP contribution is 2.22. The van der Waals surface area contributed by atoms with Gasteiger partial charge in [0.05, 0.1) is 25.5 Å². The number of aromatic nitrogens is 2. The Hall–Kier alpha value is -1.20. The molecule has 0 saturated heterocycles. The number of hydrogen-bond donors (Lipinski definition) is 1. The van der Waals surface area contributed by atoms with E-state index in [-0.39, 0.29) is 5.41 Å². The van der Waals surface area contributed by atoms with Crippen LogP contribution in [0.3, 0.4) is 0 Å². The first-order valence-corrected chi connectivity index (χ1v) is 7.16. The minimum Gasteiger partial charge on any atom is -0.382 e. The van der Waals surface area contributed by atoms with E-state index in [1.54, 1.807) is 7.11 Å². The molecule has 1 N–H and O–H groups in total. The first kappa shape index (κ1) is 16.9. The zero-order chi connectivity index (χ0) is 15.0. The summed E-state index contributed by atoms with van der Waals surface area (Å²) >= 11 is 0. The van der Waals surface area contributed by atoms with Crippen LogP contribution in [0, 0.1) is 0 Å². The Morgan fingerprint density at radius 1 is 1.15 bits per heavy atom. The Labute approximate surface area is 122 Å². The van der Waals surface area contributed by atoms with Crippen molar-refractivity contribution in [3.63, 3.8) is 0 Å². The van der Waals surface area contributed by atoms with Crippen LogP contribution in [0.2, 0.25) is 0 Å². The summed E-state index contributed by atoms with van der Waals surface area (Å²) < 4.78 is 10.4. The van der Waals surface area contributed by atoms with E-state index in [1.165, 1.54) is 0 Å². The molecule has 0 saturated carbocycles. The van der Waals surface area contributed by atoms with Crippen molar-refractivity contribution in [3.8, 4) is 0 Å². The molecule has 1 aromatic heterocycles. The van der Waals surface area contributed by atoms with E-state index in [9.17, 15) is 0 Å². The molecule has 0 aliphatic carbocycles. The zero-order valence-electron chi connectivity index (χ0n) is 13.3. The molecule has 0 aliphatic rings. The predicted octanol–water partition coefficient (Wildman–Crippen LogP) is 2.41. The van der Waals surface area contributed by atoms with E-state index in [1.807, 2.05) is 6.07 Å². The van der Waals surface area contributed by atoms with Crippen LogP contribution < -0.4 is 5.32 Å². The third kappa shape index (κ3) is 5.84. The first-order chi connectivity index (χ1) is 9.47. The fourth-order valence-electron chi connectivity index (χ4n) is 1.67. The second-order valence-corrected chi connectivity index (χ2v) is 5.69. The molecule has 0 unspecified atom stereocenters. The Kier molecular flexibility index (Phi) is 6.88. The van der Waals surface area contributed by atoms with E-state index in [0.29, 0.717) is 26.2 Å². The molecule has 114 valence electrons. The molecule has 5 nitrogen and oxygen atoms in total. The maximum absolute atomic E-state index is 5.48. The maximum atomic E-state index is 5.48. The van der Waals surface area contributed by atoms with Crippen molar-refractivity contribution in [3.05, 3.63) is 17.6 Å². The molecule has 20 heavy (non-hydrogen) atoms. The summed E-state index contributed by atoms with van der Waals surface area (Å²) in [5.74, 6) is 1.71. The molecule has 0 aliphatic heterocycles. The van der Waals surface area contributed by atoms with Gasteiger partial charge >= 0.3 is 0 Å². The first-order valence-electron chi connectivity index (χ1n) is 7.16. The van der Waals surface area contributed by atoms with Gasteiger partial charge in [-0.25, -0.2) is 9.97 Å². The molecule has 5 heteroatoms. The second-order valence-electron chi connectivity index (χ2n) is 5.69. The van der Waals surface area contributed by atoms with Crippen LogP contribution >= 0.6 is 0 Å². The van der Waals surface area contributed by atoms with Crippen molar-refractivity contribution >= 4 is 5.82 Å². The van der Waals surface area contributed by atoms with Crippen molar-refractivity contribution in [2.75, 3.05) is 38.8 Å². The molecule has 0 amide bonds. The Balaban J connectivity index is 2.71. The van der Waals surface area contributed by atoms with Crippen LogP contribution in [0.25, 0.3) is 0 Å².